The summed E-state index contributed by atoms with van der Waals surface area (Å²) in [5.41, 5.74) is 0.347. The number of piperazine rings is 1. The van der Waals surface area contributed by atoms with Gasteiger partial charge in [0.15, 0.2) is 0 Å². The monoisotopic (exact) mass is 270 g/mol. The van der Waals surface area contributed by atoms with Gasteiger partial charge in [0.1, 0.15) is 0 Å². The molecule has 1 aliphatic heterocycles. The third kappa shape index (κ3) is 4.73. The molecule has 1 fully saturated rings. The smallest absolute Gasteiger partial charge is 0.0593 e. The first-order chi connectivity index (χ1) is 9.22. The van der Waals surface area contributed by atoms with E-state index in [0.29, 0.717) is 11.6 Å². The first-order valence-corrected chi connectivity index (χ1v) is 8.28. The van der Waals surface area contributed by atoms with Crippen molar-refractivity contribution >= 4 is 0 Å². The van der Waals surface area contributed by atoms with Gasteiger partial charge in [-0.05, 0) is 25.7 Å². The number of rotatable bonds is 9. The third-order valence-corrected chi connectivity index (χ3v) is 4.64. The largest absolute Gasteiger partial charge is 0.380 e. The molecule has 1 heterocycles. The Bertz CT molecular complexity index is 229. The molecule has 3 heteroatoms. The average molecular weight is 270 g/mol. The van der Waals surface area contributed by atoms with Crippen molar-refractivity contribution in [3.05, 3.63) is 0 Å². The summed E-state index contributed by atoms with van der Waals surface area (Å²) in [4.78, 5) is 2.69. The molecular formula is C16H34N2O. The number of nitrogens with one attached hydrogen (secondary N) is 1. The van der Waals surface area contributed by atoms with Crippen LogP contribution in [-0.4, -0.2) is 49.3 Å². The molecule has 0 aromatic rings. The molecule has 19 heavy (non-hydrogen) atoms. The maximum atomic E-state index is 5.70. The zero-order valence-electron chi connectivity index (χ0n) is 13.5. The van der Waals surface area contributed by atoms with E-state index in [9.17, 15) is 0 Å². The van der Waals surface area contributed by atoms with E-state index in [2.05, 4.69) is 37.9 Å². The molecule has 114 valence electrons. The minimum absolute atomic E-state index is 0.347. The molecule has 1 N–H and O–H groups in total. The fourth-order valence-electron chi connectivity index (χ4n) is 3.21. The van der Waals surface area contributed by atoms with Gasteiger partial charge < -0.3 is 10.1 Å². The molecule has 0 spiro atoms. The molecule has 3 nitrogen and oxygen atoms in total. The van der Waals surface area contributed by atoms with Gasteiger partial charge in [0.05, 0.1) is 6.61 Å². The van der Waals surface area contributed by atoms with Gasteiger partial charge >= 0.3 is 0 Å². The zero-order valence-corrected chi connectivity index (χ0v) is 13.5. The van der Waals surface area contributed by atoms with E-state index in [1.54, 1.807) is 0 Å². The van der Waals surface area contributed by atoms with Crippen molar-refractivity contribution in [1.82, 2.24) is 10.2 Å². The van der Waals surface area contributed by atoms with Gasteiger partial charge in [0.2, 0.25) is 0 Å². The quantitative estimate of drug-likeness (QED) is 0.652. The molecule has 1 unspecified atom stereocenters. The van der Waals surface area contributed by atoms with Crippen molar-refractivity contribution in [2.45, 2.75) is 71.4 Å². The van der Waals surface area contributed by atoms with Gasteiger partial charge in [-0.2, -0.15) is 0 Å². The lowest BCUT2D eigenvalue weighted by Crippen LogP contribution is -2.64. The minimum atomic E-state index is 0.347. The average Bonchev–Trinajstić information content (AvgIpc) is 2.45. The number of hydrogen-bond donors (Lipinski definition) is 1. The summed E-state index contributed by atoms with van der Waals surface area (Å²) in [7, 11) is 0. The molecule has 1 saturated heterocycles. The normalized spacial score (nSPS) is 23.7. The third-order valence-electron chi connectivity index (χ3n) is 4.64. The lowest BCUT2D eigenvalue weighted by Gasteiger charge is -2.49. The zero-order chi connectivity index (χ0) is 14.1. The van der Waals surface area contributed by atoms with Crippen molar-refractivity contribution in [3.8, 4) is 0 Å². The summed E-state index contributed by atoms with van der Waals surface area (Å²) in [6.07, 6.45) is 6.12. The molecule has 0 radical (unpaired) electrons. The lowest BCUT2D eigenvalue weighted by molar-refractivity contribution is 0.00346. The second kappa shape index (κ2) is 8.93. The van der Waals surface area contributed by atoms with Crippen LogP contribution < -0.4 is 5.32 Å². The van der Waals surface area contributed by atoms with E-state index < -0.39 is 0 Å². The van der Waals surface area contributed by atoms with E-state index in [1.165, 1.54) is 32.2 Å². The van der Waals surface area contributed by atoms with Crippen LogP contribution in [0.4, 0.5) is 0 Å². The Hall–Kier alpha value is -0.120. The van der Waals surface area contributed by atoms with Crippen molar-refractivity contribution in [2.24, 2.45) is 0 Å². The van der Waals surface area contributed by atoms with E-state index in [4.69, 9.17) is 4.74 Å². The van der Waals surface area contributed by atoms with E-state index in [1.807, 2.05) is 0 Å². The van der Waals surface area contributed by atoms with Gasteiger partial charge in [0.25, 0.3) is 0 Å². The fourth-order valence-corrected chi connectivity index (χ4v) is 3.21. The number of ether oxygens (including phenoxy) is 1. The van der Waals surface area contributed by atoms with Gasteiger partial charge in [-0.25, -0.2) is 0 Å². The highest BCUT2D eigenvalue weighted by Gasteiger charge is 2.38. The van der Waals surface area contributed by atoms with Crippen LogP contribution in [0.15, 0.2) is 0 Å². The molecule has 1 aliphatic rings. The van der Waals surface area contributed by atoms with Gasteiger partial charge in [-0.3, -0.25) is 4.90 Å². The van der Waals surface area contributed by atoms with Crippen molar-refractivity contribution in [2.75, 3.05) is 32.8 Å². The van der Waals surface area contributed by atoms with E-state index in [-0.39, 0.29) is 0 Å². The van der Waals surface area contributed by atoms with Gasteiger partial charge in [0, 0.05) is 37.8 Å². The topological polar surface area (TPSA) is 24.5 Å². The van der Waals surface area contributed by atoms with E-state index in [0.717, 1.165) is 32.7 Å². The second-order valence-corrected chi connectivity index (χ2v) is 5.86. The Morgan fingerprint density at radius 3 is 2.42 bits per heavy atom. The van der Waals surface area contributed by atoms with Crippen LogP contribution in [0.5, 0.6) is 0 Å². The first-order valence-electron chi connectivity index (χ1n) is 8.28. The Morgan fingerprint density at radius 1 is 1.11 bits per heavy atom. The predicted octanol–water partition coefficient (Wildman–Crippen LogP) is 3.05. The van der Waals surface area contributed by atoms with Crippen molar-refractivity contribution in [1.29, 1.82) is 0 Å². The van der Waals surface area contributed by atoms with E-state index >= 15 is 0 Å². The molecule has 0 bridgehead atoms. The molecule has 0 saturated carbocycles. The molecular weight excluding hydrogens is 236 g/mol. The highest BCUT2D eigenvalue weighted by molar-refractivity contribution is 4.97. The Morgan fingerprint density at radius 2 is 1.84 bits per heavy atom. The minimum Gasteiger partial charge on any atom is -0.380 e. The summed E-state index contributed by atoms with van der Waals surface area (Å²) < 4.78 is 5.70. The van der Waals surface area contributed by atoms with Crippen molar-refractivity contribution < 1.29 is 4.74 Å². The molecule has 0 amide bonds. The van der Waals surface area contributed by atoms with Crippen LogP contribution in [0.2, 0.25) is 0 Å². The van der Waals surface area contributed by atoms with Crippen LogP contribution in [-0.2, 0) is 4.74 Å². The molecule has 0 aromatic heterocycles. The molecule has 1 rings (SSSR count). The number of nitrogens with zero attached hydrogens (tertiary/aromatic N) is 1. The van der Waals surface area contributed by atoms with Crippen LogP contribution >= 0.6 is 0 Å². The molecule has 1 atom stereocenters. The van der Waals surface area contributed by atoms with Crippen LogP contribution in [0.3, 0.4) is 0 Å². The van der Waals surface area contributed by atoms with Gasteiger partial charge in [-0.15, -0.1) is 0 Å². The maximum Gasteiger partial charge on any atom is 0.0593 e. The summed E-state index contributed by atoms with van der Waals surface area (Å²) in [5, 5.41) is 3.76. The number of hydrogen-bond acceptors (Lipinski definition) is 3. The summed E-state index contributed by atoms with van der Waals surface area (Å²) in [5.74, 6) is 0. The summed E-state index contributed by atoms with van der Waals surface area (Å²) in [6, 6.07) is 0.669. The molecule has 0 aromatic carbocycles. The summed E-state index contributed by atoms with van der Waals surface area (Å²) >= 11 is 0. The Labute approximate surface area is 120 Å². The van der Waals surface area contributed by atoms with Gasteiger partial charge in [-0.1, -0.05) is 34.1 Å². The van der Waals surface area contributed by atoms with Crippen LogP contribution in [0, 0.1) is 0 Å². The van der Waals surface area contributed by atoms with Crippen LogP contribution in [0.1, 0.15) is 59.8 Å². The Balaban J connectivity index is 2.54. The second-order valence-electron chi connectivity index (χ2n) is 5.86. The first kappa shape index (κ1) is 16.9. The molecule has 0 aliphatic carbocycles. The Kier molecular flexibility index (Phi) is 7.96. The predicted molar refractivity (Wildman–Crippen MR) is 82.7 cm³/mol. The fraction of sp³-hybridized carbons (Fsp3) is 1.00. The van der Waals surface area contributed by atoms with Crippen LogP contribution in [0.25, 0.3) is 0 Å². The standard InChI is InChI=1S/C16H34N2O/c1-5-9-15-13-18(10-12-19-11-6-2)16(7-3,8-4)14-17-15/h15,17H,5-14H2,1-4H3. The summed E-state index contributed by atoms with van der Waals surface area (Å²) in [6.45, 7) is 14.3. The SMILES string of the molecule is CCCOCCN1CC(CCC)NCC1(CC)CC. The highest BCUT2D eigenvalue weighted by atomic mass is 16.5. The highest BCUT2D eigenvalue weighted by Crippen LogP contribution is 2.27. The lowest BCUT2D eigenvalue weighted by atomic mass is 9.86. The van der Waals surface area contributed by atoms with Crippen molar-refractivity contribution in [3.63, 3.8) is 0 Å². The maximum absolute atomic E-state index is 5.70.